The van der Waals surface area contributed by atoms with Crippen LogP contribution in [-0.4, -0.2) is 345 Å². The van der Waals surface area contributed by atoms with E-state index in [2.05, 4.69) is 97.7 Å². The third-order valence-electron chi connectivity index (χ3n) is 20.3. The molecular weight excluding hydrogens is 1680 g/mol. The van der Waals surface area contributed by atoms with Crippen molar-refractivity contribution in [3.8, 4) is 0 Å². The summed E-state index contributed by atoms with van der Waals surface area (Å²) in [6.07, 6.45) is 14.8. The number of ether oxygens (including phenoxy) is 18. The van der Waals surface area contributed by atoms with Crippen LogP contribution in [0.4, 0.5) is 11.4 Å². The maximum Gasteiger partial charge on any atom is 0.303 e. The Balaban J connectivity index is 0.00000351. The van der Waals surface area contributed by atoms with E-state index < -0.39 is 26.9 Å². The van der Waals surface area contributed by atoms with Crippen LogP contribution in [0.2, 0.25) is 0 Å². The predicted molar refractivity (Wildman–Crippen MR) is 476 cm³/mol. The summed E-state index contributed by atoms with van der Waals surface area (Å²) in [7, 11) is -1.49. The molecule has 1 atom stereocenters. The number of fused-ring (bicyclic) bond motifs is 2. The third-order valence-corrected chi connectivity index (χ3v) is 21.7. The number of anilines is 2. The van der Waals surface area contributed by atoms with Crippen molar-refractivity contribution in [2.45, 2.75) is 120 Å². The van der Waals surface area contributed by atoms with Crippen LogP contribution in [-0.2, 0) is 140 Å². The number of quaternary nitrogens is 1. The zero-order chi connectivity index (χ0) is 91.7. The van der Waals surface area contributed by atoms with Gasteiger partial charge < -0.3 is 115 Å². The summed E-state index contributed by atoms with van der Waals surface area (Å²) in [5, 5.41) is 24.3. The molecule has 1 aliphatic carbocycles. The lowest BCUT2D eigenvalue weighted by molar-refractivity contribution is -0.894. The number of aliphatic carboxylic acids is 1. The summed E-state index contributed by atoms with van der Waals surface area (Å²) >= 11 is 0.816. The Bertz CT molecular complexity index is 3360. The van der Waals surface area contributed by atoms with E-state index in [0.29, 0.717) is 254 Å². The molecule has 4 aliphatic rings. The van der Waals surface area contributed by atoms with Gasteiger partial charge in [-0.2, -0.15) is 4.33 Å². The number of hydrogen-bond acceptors (Lipinski definition) is 32. The summed E-state index contributed by atoms with van der Waals surface area (Å²) in [5.74, 6) is -0.834. The number of carboxylic acids is 1. The van der Waals surface area contributed by atoms with Crippen molar-refractivity contribution in [2.24, 2.45) is 0 Å². The minimum absolute atomic E-state index is 0.0775. The quantitative estimate of drug-likeness (QED) is 0.0119. The highest BCUT2D eigenvalue weighted by Crippen LogP contribution is 2.52. The molecule has 3 heterocycles. The standard InChI is InChI=1S/C80H129N3O30S2.C6H15N.2C2H4/c1-79(2)71-66-70(115(87,88)89)17-19-73(71)83(26-28-109-111-64-62-107-60-58-105-56-54-103-52-50-101-48-46-99-44-42-97-40-38-95-36-34-93-32-30-91-5)75(79)20-14-67-12-13-68(78(67)81-23-9-10-24-81)15-21-76-80(3,72-65-69(114-113-112-86)16-18-74(72)82(76)25-8-6-7-11-77(84)85)22-27-108-110-63-61-106-59-57-104-55-53-102-51-49-100-47-45-98-43-41-96-39-37-94-35-33-92-31-29-90-4;1-4-7(5-2)6-3;2*1-2/h14-21,65-66H,6-13,22-64H2,1-5H3,(H2-,84,85,86,87,88,89);4-6H2,1-3H3;2*1-2H2. The first kappa shape index (κ1) is 115. The lowest BCUT2D eigenvalue weighted by atomic mass is 9.78. The summed E-state index contributed by atoms with van der Waals surface area (Å²) in [6.45, 7) is 47.4. The zero-order valence-corrected chi connectivity index (χ0v) is 78.4. The average molecular weight is 1830 g/mol. The van der Waals surface area contributed by atoms with Crippen molar-refractivity contribution in [2.75, 3.05) is 321 Å². The molecule has 3 aliphatic heterocycles. The summed E-state index contributed by atoms with van der Waals surface area (Å²) < 4.78 is 143. The first-order valence-corrected chi connectivity index (χ1v) is 46.4. The van der Waals surface area contributed by atoms with Gasteiger partial charge in [-0.15, -0.1) is 26.3 Å². The van der Waals surface area contributed by atoms with Crippen LogP contribution in [0.5, 0.6) is 0 Å². The second-order valence-corrected chi connectivity index (χ2v) is 31.3. The Hall–Kier alpha value is -5.16. The van der Waals surface area contributed by atoms with E-state index in [1.165, 1.54) is 31.8 Å². The molecule has 126 heavy (non-hydrogen) atoms. The molecule has 0 spiro atoms. The van der Waals surface area contributed by atoms with Gasteiger partial charge >= 0.3 is 5.97 Å². The Labute approximate surface area is 754 Å². The minimum Gasteiger partial charge on any atom is -0.744 e. The smallest absolute Gasteiger partial charge is 0.303 e. The number of methoxy groups -OCH3 is 2. The number of carboxylic acid groups (broad SMARTS) is 1. The van der Waals surface area contributed by atoms with Gasteiger partial charge in [0.25, 0.3) is 0 Å². The second-order valence-electron chi connectivity index (χ2n) is 29.2. The first-order valence-electron chi connectivity index (χ1n) is 44.2. The summed E-state index contributed by atoms with van der Waals surface area (Å²) in [5.41, 5.74) is 7.32. The molecule has 0 aromatic heterocycles. The van der Waals surface area contributed by atoms with Crippen LogP contribution < -0.4 is 20.0 Å². The van der Waals surface area contributed by atoms with E-state index in [0.717, 1.165) is 102 Å². The van der Waals surface area contributed by atoms with Crippen LogP contribution in [0, 0.1) is 0 Å². The van der Waals surface area contributed by atoms with E-state index in [1.807, 2.05) is 32.0 Å². The van der Waals surface area contributed by atoms with E-state index in [-0.39, 0.29) is 51.0 Å². The van der Waals surface area contributed by atoms with Gasteiger partial charge in [-0.25, -0.2) is 32.5 Å². The van der Waals surface area contributed by atoms with Crippen molar-refractivity contribution in [3.05, 3.63) is 121 Å². The molecular formula is C90H152N4O30S2. The van der Waals surface area contributed by atoms with Gasteiger partial charge in [-0.05, 0) is 119 Å². The summed E-state index contributed by atoms with van der Waals surface area (Å²) in [6, 6.07) is 10.4. The van der Waals surface area contributed by atoms with Gasteiger partial charge in [0, 0.05) is 96.2 Å². The molecule has 0 radical (unpaired) electrons. The van der Waals surface area contributed by atoms with Gasteiger partial charge in [0.15, 0.2) is 0 Å². The Morgan fingerprint density at radius 2 is 0.825 bits per heavy atom. The van der Waals surface area contributed by atoms with E-state index in [9.17, 15) is 28.1 Å². The van der Waals surface area contributed by atoms with Crippen LogP contribution in [0.25, 0.3) is 0 Å². The number of allylic oxidation sites excluding steroid dienone is 8. The number of hydrogen-bond donors (Lipinski definition) is 2. The highest BCUT2D eigenvalue weighted by molar-refractivity contribution is 7.94. The van der Waals surface area contributed by atoms with Gasteiger partial charge in [0.1, 0.15) is 43.0 Å². The van der Waals surface area contributed by atoms with E-state index >= 15 is 0 Å². The van der Waals surface area contributed by atoms with E-state index in [4.69, 9.17) is 109 Å². The van der Waals surface area contributed by atoms with Crippen molar-refractivity contribution in [3.63, 3.8) is 0 Å². The third kappa shape index (κ3) is 48.8. The average Bonchev–Trinajstić information content (AvgIpc) is 1.61. The molecule has 2 aromatic rings. The highest BCUT2D eigenvalue weighted by Gasteiger charge is 2.45. The molecule has 2 fully saturated rings. The molecule has 0 bridgehead atoms. The van der Waals surface area contributed by atoms with Gasteiger partial charge in [0.2, 0.25) is 5.71 Å². The van der Waals surface area contributed by atoms with Crippen molar-refractivity contribution >= 4 is 45.2 Å². The Morgan fingerprint density at radius 3 is 1.20 bits per heavy atom. The van der Waals surface area contributed by atoms with Gasteiger partial charge in [-0.3, -0.25) is 9.83 Å². The normalized spacial score (nSPS) is 16.7. The maximum absolute atomic E-state index is 12.5. The van der Waals surface area contributed by atoms with Gasteiger partial charge in [-0.1, -0.05) is 32.4 Å². The fourth-order valence-corrected chi connectivity index (χ4v) is 14.7. The number of rotatable bonds is 77. The monoisotopic (exact) mass is 1830 g/mol. The lowest BCUT2D eigenvalue weighted by Crippen LogP contribution is -3.11. The molecule has 0 amide bonds. The van der Waals surface area contributed by atoms with Crippen LogP contribution in [0.15, 0.2) is 119 Å². The molecule has 724 valence electrons. The number of nitrogens with zero attached hydrogens (tertiary/aromatic N) is 3. The molecule has 1 saturated carbocycles. The number of carbonyl (C=O) groups is 1. The molecule has 36 heteroatoms. The molecule has 2 aromatic carbocycles. The van der Waals surface area contributed by atoms with Crippen molar-refractivity contribution in [1.82, 2.24) is 0 Å². The van der Waals surface area contributed by atoms with E-state index in [1.54, 1.807) is 25.2 Å². The second kappa shape index (κ2) is 75.4. The minimum atomic E-state index is -4.76. The Morgan fingerprint density at radius 1 is 0.468 bits per heavy atom. The van der Waals surface area contributed by atoms with Crippen LogP contribution in [0.1, 0.15) is 110 Å². The fraction of sp³-hybridized carbons (Fsp3) is 0.711. The summed E-state index contributed by atoms with van der Waals surface area (Å²) in [4.78, 5) is 40.8. The molecule has 2 N–H and O–H groups in total. The maximum atomic E-state index is 12.5. The largest absolute Gasteiger partial charge is 0.744 e. The zero-order valence-electron chi connectivity index (χ0n) is 76.7. The predicted octanol–water partition coefficient (Wildman–Crippen LogP) is 8.38. The SMILES string of the molecule is C=C.C=C.CC[NH+](CC)CC.COCCOCCOCCOCCOCCOCCOCCOCCOCCOOCCN1C(=CC=C2CCC(=CC=C3N(CCCCCC(=O)O)c4ccc(SOO[O-])cc4C3(C)CCOOCCOCCOCCOCCOCCOCCOCCOCCOCCOC)C2=[N+]2CCCC2)C(C)(C)c2cc(S(=O)(=O)[O-])ccc21. The number of unbranched alkanes of at least 4 members (excludes halogenated alkanes) is 2. The Kier molecular flexibility index (Phi) is 68.8. The van der Waals surface area contributed by atoms with Gasteiger partial charge in [0.05, 0.1) is 268 Å². The van der Waals surface area contributed by atoms with Crippen LogP contribution >= 0.6 is 12.0 Å². The van der Waals surface area contributed by atoms with Crippen molar-refractivity contribution < 1.29 is 152 Å². The van der Waals surface area contributed by atoms with Crippen LogP contribution in [0.3, 0.4) is 0 Å². The molecule has 1 saturated heterocycles. The number of benzene rings is 2. The highest BCUT2D eigenvalue weighted by atomic mass is 32.2. The molecule has 1 unspecified atom stereocenters. The topological polar surface area (TPSA) is 353 Å². The molecule has 34 nitrogen and oxygen atoms in total. The first-order chi connectivity index (χ1) is 61.6. The lowest BCUT2D eigenvalue weighted by Gasteiger charge is -2.30. The fourth-order valence-electron chi connectivity index (χ4n) is 13.8. The van der Waals surface area contributed by atoms with Crippen molar-refractivity contribution in [1.29, 1.82) is 0 Å². The number of nitrogens with one attached hydrogen (secondary N) is 1. The molecule has 6 rings (SSSR count).